The summed E-state index contributed by atoms with van der Waals surface area (Å²) in [5, 5.41) is 3.06. The van der Waals surface area contributed by atoms with E-state index >= 15 is 0 Å². The molecule has 1 rings (SSSR count). The van der Waals surface area contributed by atoms with Gasteiger partial charge in [0.05, 0.1) is 6.54 Å². The highest BCUT2D eigenvalue weighted by atomic mass is 16.2. The highest BCUT2D eigenvalue weighted by Crippen LogP contribution is 2.22. The van der Waals surface area contributed by atoms with Crippen LogP contribution < -0.4 is 10.2 Å². The Labute approximate surface area is 141 Å². The van der Waals surface area contributed by atoms with Gasteiger partial charge in [-0.05, 0) is 70.5 Å². The third-order valence-electron chi connectivity index (χ3n) is 4.06. The molecule has 1 N–H and O–H groups in total. The second-order valence-electron chi connectivity index (χ2n) is 6.00. The molecular weight excluding hydrogens is 286 g/mol. The largest absolute Gasteiger partial charge is 0.372 e. The second kappa shape index (κ2) is 10.3. The molecule has 0 aromatic heterocycles. The van der Waals surface area contributed by atoms with Gasteiger partial charge in [0.25, 0.3) is 0 Å². The number of nitrogens with one attached hydrogen (secondary N) is 1. The smallest absolute Gasteiger partial charge is 0.238 e. The molecule has 0 unspecified atom stereocenters. The Hall–Kier alpha value is -1.55. The lowest BCUT2D eigenvalue weighted by Gasteiger charge is -2.23. The van der Waals surface area contributed by atoms with Gasteiger partial charge in [-0.1, -0.05) is 13.8 Å². The van der Waals surface area contributed by atoms with Crippen molar-refractivity contribution >= 4 is 17.3 Å². The van der Waals surface area contributed by atoms with E-state index in [9.17, 15) is 4.79 Å². The lowest BCUT2D eigenvalue weighted by atomic mass is 10.1. The van der Waals surface area contributed by atoms with Crippen LogP contribution in [0, 0.1) is 6.92 Å². The Morgan fingerprint density at radius 3 is 2.13 bits per heavy atom. The van der Waals surface area contributed by atoms with Crippen molar-refractivity contribution in [3.63, 3.8) is 0 Å². The minimum Gasteiger partial charge on any atom is -0.372 e. The fraction of sp³-hybridized carbons (Fsp3) is 0.632. The lowest BCUT2D eigenvalue weighted by Crippen LogP contribution is -2.34. The van der Waals surface area contributed by atoms with E-state index < -0.39 is 0 Å². The van der Waals surface area contributed by atoms with Crippen LogP contribution in [0.4, 0.5) is 11.4 Å². The van der Waals surface area contributed by atoms with Crippen LogP contribution in [0.2, 0.25) is 0 Å². The van der Waals surface area contributed by atoms with E-state index in [2.05, 4.69) is 61.9 Å². The van der Waals surface area contributed by atoms with Crippen molar-refractivity contribution in [1.29, 1.82) is 0 Å². The molecule has 0 aliphatic heterocycles. The molecule has 1 aromatic carbocycles. The van der Waals surface area contributed by atoms with Crippen LogP contribution in [0.1, 0.15) is 46.1 Å². The van der Waals surface area contributed by atoms with Gasteiger partial charge in [-0.2, -0.15) is 0 Å². The highest BCUT2D eigenvalue weighted by Gasteiger charge is 2.11. The molecule has 1 amide bonds. The Morgan fingerprint density at radius 1 is 1.04 bits per heavy atom. The third-order valence-corrected chi connectivity index (χ3v) is 4.06. The SMILES string of the molecule is CCCN(CCC)CC(=O)Nc1ccc(N(CC)CC)cc1C. The number of nitrogens with zero attached hydrogens (tertiary/aromatic N) is 2. The molecule has 0 aliphatic rings. The van der Waals surface area contributed by atoms with Gasteiger partial charge >= 0.3 is 0 Å². The fourth-order valence-electron chi connectivity index (χ4n) is 2.87. The normalized spacial score (nSPS) is 10.9. The van der Waals surface area contributed by atoms with Crippen molar-refractivity contribution in [2.45, 2.75) is 47.5 Å². The summed E-state index contributed by atoms with van der Waals surface area (Å²) in [4.78, 5) is 16.8. The molecule has 23 heavy (non-hydrogen) atoms. The first-order valence-electron chi connectivity index (χ1n) is 8.93. The van der Waals surface area contributed by atoms with E-state index in [1.54, 1.807) is 0 Å². The van der Waals surface area contributed by atoms with Crippen LogP contribution >= 0.6 is 0 Å². The van der Waals surface area contributed by atoms with E-state index in [-0.39, 0.29) is 5.91 Å². The predicted molar refractivity (Wildman–Crippen MR) is 100 cm³/mol. The highest BCUT2D eigenvalue weighted by molar-refractivity contribution is 5.93. The van der Waals surface area contributed by atoms with E-state index in [0.717, 1.165) is 50.3 Å². The molecule has 4 heteroatoms. The summed E-state index contributed by atoms with van der Waals surface area (Å²) in [6.45, 7) is 15.1. The Morgan fingerprint density at radius 2 is 1.65 bits per heavy atom. The number of carbonyl (C=O) groups excluding carboxylic acids is 1. The Bertz CT molecular complexity index is 478. The van der Waals surface area contributed by atoms with Crippen molar-refractivity contribution < 1.29 is 4.79 Å². The summed E-state index contributed by atoms with van der Waals surface area (Å²) in [5.74, 6) is 0.0746. The molecule has 4 nitrogen and oxygen atoms in total. The molecular formula is C19H33N3O. The zero-order valence-corrected chi connectivity index (χ0v) is 15.5. The Balaban J connectivity index is 2.71. The zero-order valence-electron chi connectivity index (χ0n) is 15.5. The first-order chi connectivity index (χ1) is 11.0. The molecule has 0 aliphatic carbocycles. The van der Waals surface area contributed by atoms with Gasteiger partial charge in [0.15, 0.2) is 0 Å². The maximum atomic E-state index is 12.3. The molecule has 130 valence electrons. The van der Waals surface area contributed by atoms with Gasteiger partial charge in [0.2, 0.25) is 5.91 Å². The number of carbonyl (C=O) groups is 1. The number of aryl methyl sites for hydroxylation is 1. The summed E-state index contributed by atoms with van der Waals surface area (Å²) in [5.41, 5.74) is 3.24. The molecule has 0 fully saturated rings. The lowest BCUT2D eigenvalue weighted by molar-refractivity contribution is -0.117. The van der Waals surface area contributed by atoms with Crippen LogP contribution in [0.3, 0.4) is 0 Å². The van der Waals surface area contributed by atoms with Crippen LogP contribution in [0.15, 0.2) is 18.2 Å². The number of benzene rings is 1. The van der Waals surface area contributed by atoms with Gasteiger partial charge in [-0.3, -0.25) is 9.69 Å². The third kappa shape index (κ3) is 6.22. The molecule has 0 radical (unpaired) electrons. The molecule has 0 spiro atoms. The first kappa shape index (κ1) is 19.5. The first-order valence-corrected chi connectivity index (χ1v) is 8.93. The molecule has 0 saturated carbocycles. The minimum atomic E-state index is 0.0746. The molecule has 0 saturated heterocycles. The zero-order chi connectivity index (χ0) is 17.2. The summed E-state index contributed by atoms with van der Waals surface area (Å²) in [6, 6.07) is 6.26. The van der Waals surface area contributed by atoms with Crippen molar-refractivity contribution in [3.8, 4) is 0 Å². The number of anilines is 2. The summed E-state index contributed by atoms with van der Waals surface area (Å²) < 4.78 is 0. The van der Waals surface area contributed by atoms with Crippen LogP contribution in [0.5, 0.6) is 0 Å². The van der Waals surface area contributed by atoms with Gasteiger partial charge < -0.3 is 10.2 Å². The standard InChI is InChI=1S/C19H33N3O/c1-6-12-21(13-7-2)15-19(23)20-18-11-10-17(14-16(18)5)22(8-3)9-4/h10-11,14H,6-9,12-13,15H2,1-5H3,(H,20,23). The molecule has 0 heterocycles. The molecule has 1 aromatic rings. The van der Waals surface area contributed by atoms with E-state index in [1.807, 2.05) is 6.07 Å². The fourth-order valence-corrected chi connectivity index (χ4v) is 2.87. The van der Waals surface area contributed by atoms with Gasteiger partial charge in [-0.15, -0.1) is 0 Å². The average molecular weight is 319 g/mol. The van der Waals surface area contributed by atoms with Crippen LogP contribution in [0.25, 0.3) is 0 Å². The van der Waals surface area contributed by atoms with Gasteiger partial charge in [-0.25, -0.2) is 0 Å². The topological polar surface area (TPSA) is 35.6 Å². The Kier molecular flexibility index (Phi) is 8.70. The van der Waals surface area contributed by atoms with Crippen LogP contribution in [-0.4, -0.2) is 43.5 Å². The second-order valence-corrected chi connectivity index (χ2v) is 6.00. The number of hydrogen-bond acceptors (Lipinski definition) is 3. The van der Waals surface area contributed by atoms with Crippen molar-refractivity contribution in [1.82, 2.24) is 4.90 Å². The monoisotopic (exact) mass is 319 g/mol. The quantitative estimate of drug-likeness (QED) is 0.710. The number of rotatable bonds is 10. The number of amides is 1. The van der Waals surface area contributed by atoms with Gasteiger partial charge in [0.1, 0.15) is 0 Å². The van der Waals surface area contributed by atoms with Gasteiger partial charge in [0, 0.05) is 24.5 Å². The number of hydrogen-bond donors (Lipinski definition) is 1. The summed E-state index contributed by atoms with van der Waals surface area (Å²) in [6.07, 6.45) is 2.15. The van der Waals surface area contributed by atoms with E-state index in [4.69, 9.17) is 0 Å². The minimum absolute atomic E-state index is 0.0746. The van der Waals surface area contributed by atoms with E-state index in [1.165, 1.54) is 5.69 Å². The van der Waals surface area contributed by atoms with Crippen molar-refractivity contribution in [2.24, 2.45) is 0 Å². The van der Waals surface area contributed by atoms with Crippen molar-refractivity contribution in [3.05, 3.63) is 23.8 Å². The molecule has 0 bridgehead atoms. The van der Waals surface area contributed by atoms with Crippen molar-refractivity contribution in [2.75, 3.05) is 42.9 Å². The maximum Gasteiger partial charge on any atom is 0.238 e. The molecule has 0 atom stereocenters. The average Bonchev–Trinajstić information content (AvgIpc) is 2.51. The predicted octanol–water partition coefficient (Wildman–Crippen LogP) is 3.90. The van der Waals surface area contributed by atoms with Crippen LogP contribution in [-0.2, 0) is 4.79 Å². The van der Waals surface area contributed by atoms with E-state index in [0.29, 0.717) is 6.54 Å². The summed E-state index contributed by atoms with van der Waals surface area (Å²) >= 11 is 0. The summed E-state index contributed by atoms with van der Waals surface area (Å²) in [7, 11) is 0. The maximum absolute atomic E-state index is 12.3.